The first kappa shape index (κ1) is 22.9. The van der Waals surface area contributed by atoms with Crippen molar-refractivity contribution in [2.75, 3.05) is 50.6 Å². The molecule has 5 rings (SSSR count). The number of nitrogens with one attached hydrogen (secondary N) is 1. The van der Waals surface area contributed by atoms with Crippen molar-refractivity contribution >= 4 is 28.0 Å². The molecular weight excluding hydrogens is 443 g/mol. The van der Waals surface area contributed by atoms with Crippen molar-refractivity contribution in [1.82, 2.24) is 9.47 Å². The fraction of sp³-hybridized carbons (Fsp3) is 0.250. The van der Waals surface area contributed by atoms with Crippen LogP contribution in [0.15, 0.2) is 77.6 Å². The zero-order chi connectivity index (χ0) is 24.4. The van der Waals surface area contributed by atoms with Gasteiger partial charge in [0.05, 0.1) is 19.2 Å². The Balaban J connectivity index is 1.41. The third-order valence-corrected chi connectivity index (χ3v) is 6.59. The maximum atomic E-state index is 13.9. The van der Waals surface area contributed by atoms with Crippen molar-refractivity contribution in [3.05, 3.63) is 94.5 Å². The Bertz CT molecular complexity index is 1390. The maximum Gasteiger partial charge on any atom is 0.251 e. The van der Waals surface area contributed by atoms with E-state index in [4.69, 9.17) is 4.74 Å². The average molecular weight is 473 g/mol. The average Bonchev–Trinajstić information content (AvgIpc) is 2.87. The van der Waals surface area contributed by atoms with Gasteiger partial charge in [-0.1, -0.05) is 6.07 Å². The standard InChI is InChI=1S/C28H29FN4O2/c1-31-13-15-32(16-14-31)25-9-7-23(8-10-25)30-24-6-3-20-4-12-28(34)33(26(20)18-24)19-21-17-22(29)5-11-27(21)35-2/h3-12,17-18,30H,13-16,19H2,1-2H3. The molecule has 0 aliphatic carbocycles. The molecule has 0 bridgehead atoms. The van der Waals surface area contributed by atoms with Crippen LogP contribution in [0.4, 0.5) is 21.5 Å². The highest BCUT2D eigenvalue weighted by Gasteiger charge is 2.14. The molecule has 0 spiro atoms. The fourth-order valence-electron chi connectivity index (χ4n) is 4.56. The second-order valence-electron chi connectivity index (χ2n) is 8.95. The van der Waals surface area contributed by atoms with E-state index in [1.807, 2.05) is 24.3 Å². The number of aromatic nitrogens is 1. The van der Waals surface area contributed by atoms with Crippen LogP contribution in [-0.2, 0) is 6.54 Å². The number of ether oxygens (including phenoxy) is 1. The van der Waals surface area contributed by atoms with E-state index in [0.29, 0.717) is 11.3 Å². The quantitative estimate of drug-likeness (QED) is 0.441. The molecule has 4 aromatic rings. The Morgan fingerprint density at radius 3 is 2.34 bits per heavy atom. The number of hydrogen-bond donors (Lipinski definition) is 1. The van der Waals surface area contributed by atoms with Crippen molar-refractivity contribution < 1.29 is 9.13 Å². The Kier molecular flexibility index (Phi) is 6.42. The molecule has 7 heteroatoms. The minimum absolute atomic E-state index is 0.155. The lowest BCUT2D eigenvalue weighted by atomic mass is 10.1. The maximum absolute atomic E-state index is 13.9. The summed E-state index contributed by atoms with van der Waals surface area (Å²) in [5.74, 6) is 0.182. The van der Waals surface area contributed by atoms with Crippen LogP contribution in [0.3, 0.4) is 0 Å². The van der Waals surface area contributed by atoms with E-state index in [1.165, 1.54) is 23.9 Å². The van der Waals surface area contributed by atoms with Gasteiger partial charge in [-0.15, -0.1) is 0 Å². The summed E-state index contributed by atoms with van der Waals surface area (Å²) in [7, 11) is 3.70. The molecule has 0 saturated carbocycles. The number of anilines is 3. The smallest absolute Gasteiger partial charge is 0.251 e. The van der Waals surface area contributed by atoms with Gasteiger partial charge in [0.1, 0.15) is 11.6 Å². The largest absolute Gasteiger partial charge is 0.496 e. The van der Waals surface area contributed by atoms with Crippen molar-refractivity contribution in [2.45, 2.75) is 6.54 Å². The van der Waals surface area contributed by atoms with E-state index in [0.717, 1.165) is 48.5 Å². The lowest BCUT2D eigenvalue weighted by Crippen LogP contribution is -2.44. The highest BCUT2D eigenvalue weighted by Crippen LogP contribution is 2.26. The molecule has 0 radical (unpaired) electrons. The summed E-state index contributed by atoms with van der Waals surface area (Å²) in [6.07, 6.45) is 0. The SMILES string of the molecule is COc1ccc(F)cc1Cn1c(=O)ccc2ccc(Nc3ccc(N4CCN(C)CC4)cc3)cc21. The zero-order valence-corrected chi connectivity index (χ0v) is 20.0. The number of hydrogen-bond acceptors (Lipinski definition) is 5. The second kappa shape index (κ2) is 9.80. The van der Waals surface area contributed by atoms with Crippen LogP contribution >= 0.6 is 0 Å². The highest BCUT2D eigenvalue weighted by molar-refractivity contribution is 5.84. The normalized spacial score (nSPS) is 14.3. The van der Waals surface area contributed by atoms with Crippen molar-refractivity contribution in [3.63, 3.8) is 0 Å². The topological polar surface area (TPSA) is 49.7 Å². The Hall–Kier alpha value is -3.84. The van der Waals surface area contributed by atoms with Crippen LogP contribution in [0.5, 0.6) is 5.75 Å². The molecule has 1 N–H and O–H groups in total. The third-order valence-electron chi connectivity index (χ3n) is 6.59. The number of pyridine rings is 1. The molecule has 1 fully saturated rings. The predicted molar refractivity (Wildman–Crippen MR) is 140 cm³/mol. The van der Waals surface area contributed by atoms with Gasteiger partial charge in [0.15, 0.2) is 0 Å². The van der Waals surface area contributed by atoms with Gasteiger partial charge in [-0.2, -0.15) is 0 Å². The van der Waals surface area contributed by atoms with E-state index in [1.54, 1.807) is 17.7 Å². The van der Waals surface area contributed by atoms with Crippen LogP contribution in [-0.4, -0.2) is 49.8 Å². The number of nitrogens with zero attached hydrogens (tertiary/aromatic N) is 3. The summed E-state index contributed by atoms with van der Waals surface area (Å²) in [4.78, 5) is 17.5. The van der Waals surface area contributed by atoms with Gasteiger partial charge < -0.3 is 24.4 Å². The molecule has 1 saturated heterocycles. The van der Waals surface area contributed by atoms with Gasteiger partial charge in [0.2, 0.25) is 0 Å². The van der Waals surface area contributed by atoms with Crippen molar-refractivity contribution in [3.8, 4) is 5.75 Å². The molecule has 0 unspecified atom stereocenters. The Morgan fingerprint density at radius 1 is 0.886 bits per heavy atom. The van der Waals surface area contributed by atoms with E-state index < -0.39 is 0 Å². The zero-order valence-electron chi connectivity index (χ0n) is 20.0. The van der Waals surface area contributed by atoms with Crippen LogP contribution in [0, 0.1) is 5.82 Å². The van der Waals surface area contributed by atoms with Gasteiger partial charge in [-0.05, 0) is 73.1 Å². The molecule has 2 heterocycles. The number of piperazine rings is 1. The predicted octanol–water partition coefficient (Wildman–Crippen LogP) is 4.69. The number of benzene rings is 3. The summed E-state index contributed by atoms with van der Waals surface area (Å²) in [6, 6.07) is 22.1. The molecule has 1 aliphatic rings. The summed E-state index contributed by atoms with van der Waals surface area (Å²) in [6.45, 7) is 4.41. The summed E-state index contributed by atoms with van der Waals surface area (Å²) in [5, 5.41) is 4.38. The number of halogens is 1. The first-order valence-corrected chi connectivity index (χ1v) is 11.8. The lowest BCUT2D eigenvalue weighted by Gasteiger charge is -2.34. The molecular formula is C28H29FN4O2. The van der Waals surface area contributed by atoms with Crippen LogP contribution < -0.4 is 20.5 Å². The third kappa shape index (κ3) is 5.00. The number of fused-ring (bicyclic) bond motifs is 1. The Labute approximate surface area is 204 Å². The summed E-state index contributed by atoms with van der Waals surface area (Å²) >= 11 is 0. The minimum atomic E-state index is -0.364. The molecule has 1 aliphatic heterocycles. The molecule has 35 heavy (non-hydrogen) atoms. The number of likely N-dealkylation sites (N-methyl/N-ethyl adjacent to an activating group) is 1. The first-order valence-electron chi connectivity index (χ1n) is 11.8. The number of methoxy groups -OCH3 is 1. The fourth-order valence-corrected chi connectivity index (χ4v) is 4.56. The van der Waals surface area contributed by atoms with Crippen LogP contribution in [0.2, 0.25) is 0 Å². The minimum Gasteiger partial charge on any atom is -0.496 e. The van der Waals surface area contributed by atoms with Gasteiger partial charge in [-0.25, -0.2) is 4.39 Å². The van der Waals surface area contributed by atoms with Crippen molar-refractivity contribution in [1.29, 1.82) is 0 Å². The van der Waals surface area contributed by atoms with Gasteiger partial charge in [0, 0.05) is 54.9 Å². The van der Waals surface area contributed by atoms with Crippen LogP contribution in [0.25, 0.3) is 10.9 Å². The molecule has 1 aromatic heterocycles. The van der Waals surface area contributed by atoms with E-state index in [9.17, 15) is 9.18 Å². The molecule has 0 atom stereocenters. The second-order valence-corrected chi connectivity index (χ2v) is 8.95. The van der Waals surface area contributed by atoms with E-state index >= 15 is 0 Å². The lowest BCUT2D eigenvalue weighted by molar-refractivity contribution is 0.313. The summed E-state index contributed by atoms with van der Waals surface area (Å²) in [5.41, 5.74) is 4.29. The molecule has 6 nitrogen and oxygen atoms in total. The van der Waals surface area contributed by atoms with Crippen LogP contribution in [0.1, 0.15) is 5.56 Å². The highest BCUT2D eigenvalue weighted by atomic mass is 19.1. The van der Waals surface area contributed by atoms with Gasteiger partial charge in [0.25, 0.3) is 5.56 Å². The van der Waals surface area contributed by atoms with Gasteiger partial charge >= 0.3 is 0 Å². The summed E-state index contributed by atoms with van der Waals surface area (Å²) < 4.78 is 20.9. The molecule has 3 aromatic carbocycles. The molecule has 180 valence electrons. The van der Waals surface area contributed by atoms with Gasteiger partial charge in [-0.3, -0.25) is 4.79 Å². The number of rotatable bonds is 6. The van der Waals surface area contributed by atoms with Crippen molar-refractivity contribution in [2.24, 2.45) is 0 Å². The first-order chi connectivity index (χ1) is 17.0. The van der Waals surface area contributed by atoms with E-state index in [-0.39, 0.29) is 17.9 Å². The Morgan fingerprint density at radius 2 is 1.60 bits per heavy atom. The van der Waals surface area contributed by atoms with E-state index in [2.05, 4.69) is 46.4 Å². The monoisotopic (exact) mass is 472 g/mol. The molecule has 0 amide bonds.